The number of hydrogen-bond acceptors (Lipinski definition) is 5. The van der Waals surface area contributed by atoms with E-state index < -0.39 is 42.6 Å². The number of halogens is 3. The van der Waals surface area contributed by atoms with Crippen molar-refractivity contribution in [3.63, 3.8) is 0 Å². The molecule has 0 radical (unpaired) electrons. The van der Waals surface area contributed by atoms with Crippen molar-refractivity contribution in [3.8, 4) is 0 Å². The van der Waals surface area contributed by atoms with Crippen molar-refractivity contribution in [3.05, 3.63) is 12.2 Å². The van der Waals surface area contributed by atoms with Crippen molar-refractivity contribution in [1.29, 1.82) is 0 Å². The Bertz CT molecular complexity index is 398. The number of ether oxygens (including phenoxy) is 3. The lowest BCUT2D eigenvalue weighted by Gasteiger charge is -2.27. The number of aliphatic hydroxyl groups excluding tert-OH is 2. The van der Waals surface area contributed by atoms with Crippen LogP contribution in [-0.2, 0) is 14.2 Å². The van der Waals surface area contributed by atoms with Gasteiger partial charge in [0, 0.05) is 5.92 Å². The number of fused-ring (bicyclic) bond motifs is 1. The van der Waals surface area contributed by atoms with Gasteiger partial charge in [-0.15, -0.1) is 0 Å². The summed E-state index contributed by atoms with van der Waals surface area (Å²) in [7, 11) is 0. The molecule has 0 aromatic carbocycles. The van der Waals surface area contributed by atoms with Crippen LogP contribution in [0.4, 0.5) is 13.2 Å². The van der Waals surface area contributed by atoms with Gasteiger partial charge in [-0.05, 0) is 6.42 Å². The van der Waals surface area contributed by atoms with Crippen LogP contribution in [0.15, 0.2) is 12.2 Å². The lowest BCUT2D eigenvalue weighted by Crippen LogP contribution is -2.42. The van der Waals surface area contributed by atoms with Gasteiger partial charge in [-0.1, -0.05) is 6.58 Å². The highest BCUT2D eigenvalue weighted by molar-refractivity contribution is 5.10. The Morgan fingerprint density at radius 3 is 2.63 bits per heavy atom. The van der Waals surface area contributed by atoms with Crippen LogP contribution in [0.1, 0.15) is 6.42 Å². The lowest BCUT2D eigenvalue weighted by molar-refractivity contribution is -0.195. The van der Waals surface area contributed by atoms with E-state index in [2.05, 4.69) is 6.58 Å². The molecule has 0 spiro atoms. The van der Waals surface area contributed by atoms with Crippen LogP contribution in [0.5, 0.6) is 0 Å². The van der Waals surface area contributed by atoms with E-state index in [-0.39, 0.29) is 12.0 Å². The van der Waals surface area contributed by atoms with E-state index in [9.17, 15) is 23.4 Å². The summed E-state index contributed by atoms with van der Waals surface area (Å²) in [5, 5.41) is 19.0. The van der Waals surface area contributed by atoms with Gasteiger partial charge in [-0.2, -0.15) is 13.2 Å². The fraction of sp³-hybridized carbons (Fsp3) is 0.818. The van der Waals surface area contributed by atoms with Crippen LogP contribution in [0, 0.1) is 5.92 Å². The highest BCUT2D eigenvalue weighted by Crippen LogP contribution is 2.49. The molecule has 108 valence electrons. The SMILES string of the molecule is C=C(C(O)OC1C2CC3C(O)OC1C3O2)C(F)(F)F. The molecule has 7 unspecified atom stereocenters. The summed E-state index contributed by atoms with van der Waals surface area (Å²) in [6, 6.07) is 0. The molecular formula is C11H13F3O5. The monoisotopic (exact) mass is 282 g/mol. The second-order valence-corrected chi connectivity index (χ2v) is 5.01. The van der Waals surface area contributed by atoms with E-state index in [1.807, 2.05) is 0 Å². The predicted octanol–water partition coefficient (Wildman–Crippen LogP) is 0.313. The first-order valence-corrected chi connectivity index (χ1v) is 5.87. The Morgan fingerprint density at radius 2 is 2.00 bits per heavy atom. The van der Waals surface area contributed by atoms with Gasteiger partial charge in [0.2, 0.25) is 0 Å². The molecule has 3 aliphatic rings. The van der Waals surface area contributed by atoms with Gasteiger partial charge in [0.25, 0.3) is 0 Å². The number of hydrogen-bond donors (Lipinski definition) is 2. The van der Waals surface area contributed by atoms with Crippen molar-refractivity contribution in [2.45, 2.75) is 49.6 Å². The third-order valence-electron chi connectivity index (χ3n) is 3.88. The molecule has 0 saturated carbocycles. The zero-order valence-corrected chi connectivity index (χ0v) is 9.71. The predicted molar refractivity (Wildman–Crippen MR) is 53.7 cm³/mol. The Labute approximate surface area is 106 Å². The largest absolute Gasteiger partial charge is 0.416 e. The average molecular weight is 282 g/mol. The summed E-state index contributed by atoms with van der Waals surface area (Å²) in [4.78, 5) is 0. The van der Waals surface area contributed by atoms with Gasteiger partial charge in [-0.3, -0.25) is 0 Å². The maximum atomic E-state index is 12.4. The van der Waals surface area contributed by atoms with Gasteiger partial charge in [0.05, 0.1) is 17.8 Å². The molecule has 3 rings (SSSR count). The standard InChI is InChI=1S/C11H13F3O5/c1-3(11(12,13)14)9(15)18-7-5-2-4-6(17-5)8(7)19-10(4)16/h4-10,15-16H,1-2H2. The number of rotatable bonds is 3. The van der Waals surface area contributed by atoms with E-state index in [0.29, 0.717) is 6.42 Å². The Morgan fingerprint density at radius 1 is 1.32 bits per heavy atom. The molecule has 0 aromatic rings. The molecule has 3 fully saturated rings. The fourth-order valence-electron chi connectivity index (χ4n) is 2.92. The second-order valence-electron chi connectivity index (χ2n) is 5.01. The maximum absolute atomic E-state index is 12.4. The fourth-order valence-corrected chi connectivity index (χ4v) is 2.92. The van der Waals surface area contributed by atoms with Gasteiger partial charge < -0.3 is 24.4 Å². The molecule has 5 nitrogen and oxygen atoms in total. The summed E-state index contributed by atoms with van der Waals surface area (Å²) in [5.74, 6) is -0.169. The van der Waals surface area contributed by atoms with E-state index in [1.54, 1.807) is 0 Å². The molecule has 19 heavy (non-hydrogen) atoms. The van der Waals surface area contributed by atoms with Crippen molar-refractivity contribution >= 4 is 0 Å². The van der Waals surface area contributed by atoms with E-state index in [4.69, 9.17) is 14.2 Å². The first-order chi connectivity index (χ1) is 8.79. The average Bonchev–Trinajstić information content (AvgIpc) is 2.91. The first kappa shape index (κ1) is 13.3. The van der Waals surface area contributed by atoms with Crippen LogP contribution >= 0.6 is 0 Å². The number of alkyl halides is 3. The summed E-state index contributed by atoms with van der Waals surface area (Å²) in [6.07, 6.45) is -9.75. The molecule has 2 N–H and O–H groups in total. The smallest absolute Gasteiger partial charge is 0.369 e. The van der Waals surface area contributed by atoms with Crippen molar-refractivity contribution in [1.82, 2.24) is 0 Å². The minimum Gasteiger partial charge on any atom is -0.369 e. The summed E-state index contributed by atoms with van der Waals surface area (Å²) in [6.45, 7) is 2.78. The molecule has 3 aliphatic heterocycles. The third kappa shape index (κ3) is 1.98. The third-order valence-corrected chi connectivity index (χ3v) is 3.88. The topological polar surface area (TPSA) is 68.2 Å². The van der Waals surface area contributed by atoms with Gasteiger partial charge in [-0.25, -0.2) is 0 Å². The number of aliphatic hydroxyl groups is 2. The molecule has 3 heterocycles. The van der Waals surface area contributed by atoms with Crippen molar-refractivity contribution in [2.24, 2.45) is 5.92 Å². The zero-order valence-electron chi connectivity index (χ0n) is 9.71. The molecule has 0 amide bonds. The second kappa shape index (κ2) is 4.16. The summed E-state index contributed by atoms with van der Waals surface area (Å²) in [5.41, 5.74) is -1.37. The molecule has 7 atom stereocenters. The zero-order chi connectivity index (χ0) is 13.9. The quantitative estimate of drug-likeness (QED) is 0.576. The molecular weight excluding hydrogens is 269 g/mol. The van der Waals surface area contributed by atoms with Crippen LogP contribution in [0.2, 0.25) is 0 Å². The minimum absolute atomic E-state index is 0.169. The lowest BCUT2D eigenvalue weighted by atomic mass is 9.88. The van der Waals surface area contributed by atoms with Gasteiger partial charge in [0.1, 0.15) is 12.2 Å². The maximum Gasteiger partial charge on any atom is 0.416 e. The molecule has 0 aromatic heterocycles. The molecule has 3 saturated heterocycles. The summed E-state index contributed by atoms with van der Waals surface area (Å²) >= 11 is 0. The normalized spacial score (nSPS) is 45.7. The Balaban J connectivity index is 1.67. The first-order valence-electron chi connectivity index (χ1n) is 5.87. The Hall–Kier alpha value is -0.670. The van der Waals surface area contributed by atoms with Crippen LogP contribution in [-0.4, -0.2) is 53.4 Å². The highest BCUT2D eigenvalue weighted by atomic mass is 19.4. The molecule has 8 heteroatoms. The Kier molecular flexibility index (Phi) is 2.92. The van der Waals surface area contributed by atoms with E-state index >= 15 is 0 Å². The van der Waals surface area contributed by atoms with Crippen LogP contribution in [0.3, 0.4) is 0 Å². The highest BCUT2D eigenvalue weighted by Gasteiger charge is 2.63. The minimum atomic E-state index is -4.73. The van der Waals surface area contributed by atoms with Gasteiger partial charge >= 0.3 is 6.18 Å². The van der Waals surface area contributed by atoms with Crippen LogP contribution < -0.4 is 0 Å². The molecule has 2 bridgehead atoms. The van der Waals surface area contributed by atoms with Crippen LogP contribution in [0.25, 0.3) is 0 Å². The van der Waals surface area contributed by atoms with Crippen molar-refractivity contribution < 1.29 is 37.6 Å². The van der Waals surface area contributed by atoms with Gasteiger partial charge in [0.15, 0.2) is 12.6 Å². The van der Waals surface area contributed by atoms with E-state index in [1.165, 1.54) is 0 Å². The van der Waals surface area contributed by atoms with E-state index in [0.717, 1.165) is 0 Å². The summed E-state index contributed by atoms with van der Waals surface area (Å²) < 4.78 is 52.8. The molecule has 0 aliphatic carbocycles. The van der Waals surface area contributed by atoms with Crippen molar-refractivity contribution in [2.75, 3.05) is 0 Å².